The number of nitrogens with one attached hydrogen (secondary N) is 1. The zero-order valence-corrected chi connectivity index (χ0v) is 12.5. The van der Waals surface area contributed by atoms with E-state index in [-0.39, 0.29) is 30.0 Å². The monoisotopic (exact) mass is 278 g/mol. The molecule has 0 aliphatic carbocycles. The summed E-state index contributed by atoms with van der Waals surface area (Å²) in [6, 6.07) is 0. The standard InChI is InChI=1S/C13H26N2O2.ClH/c1-10(2)8-13(3,9-14)15-12(16)11-6-4-5-7-17-11;/h10-11H,4-9,14H2,1-3H3,(H,15,16);1H. The van der Waals surface area contributed by atoms with Crippen molar-refractivity contribution >= 4 is 18.3 Å². The van der Waals surface area contributed by atoms with Crippen molar-refractivity contribution in [2.75, 3.05) is 13.2 Å². The van der Waals surface area contributed by atoms with Crippen molar-refractivity contribution in [1.82, 2.24) is 5.32 Å². The van der Waals surface area contributed by atoms with E-state index in [1.54, 1.807) is 0 Å². The van der Waals surface area contributed by atoms with E-state index in [1.165, 1.54) is 0 Å². The lowest BCUT2D eigenvalue weighted by molar-refractivity contribution is -0.137. The molecule has 1 heterocycles. The molecule has 108 valence electrons. The second-order valence-electron chi connectivity index (χ2n) is 5.71. The lowest BCUT2D eigenvalue weighted by Crippen LogP contribution is -2.55. The molecule has 2 unspecified atom stereocenters. The Morgan fingerprint density at radius 3 is 2.61 bits per heavy atom. The molecule has 0 aromatic rings. The highest BCUT2D eigenvalue weighted by Gasteiger charge is 2.30. The van der Waals surface area contributed by atoms with E-state index >= 15 is 0 Å². The van der Waals surface area contributed by atoms with Gasteiger partial charge < -0.3 is 15.8 Å². The van der Waals surface area contributed by atoms with Gasteiger partial charge in [0.1, 0.15) is 6.10 Å². The van der Waals surface area contributed by atoms with Crippen LogP contribution in [0.25, 0.3) is 0 Å². The molecule has 0 saturated carbocycles. The maximum Gasteiger partial charge on any atom is 0.249 e. The maximum atomic E-state index is 12.1. The van der Waals surface area contributed by atoms with Crippen molar-refractivity contribution in [2.24, 2.45) is 11.7 Å². The molecule has 1 rings (SSSR count). The number of carbonyl (C=O) groups excluding carboxylic acids is 1. The summed E-state index contributed by atoms with van der Waals surface area (Å²) in [7, 11) is 0. The SMILES string of the molecule is CC(C)CC(C)(CN)NC(=O)C1CCCCO1.Cl. The molecule has 0 radical (unpaired) electrons. The molecule has 4 nitrogen and oxygen atoms in total. The number of hydrogen-bond acceptors (Lipinski definition) is 3. The molecule has 1 aliphatic heterocycles. The predicted octanol–water partition coefficient (Wildman–Crippen LogP) is 1.86. The molecule has 0 bridgehead atoms. The number of amides is 1. The first-order valence-corrected chi connectivity index (χ1v) is 6.60. The number of halogens is 1. The van der Waals surface area contributed by atoms with Crippen LogP contribution in [0.1, 0.15) is 46.5 Å². The average molecular weight is 279 g/mol. The maximum absolute atomic E-state index is 12.1. The fraction of sp³-hybridized carbons (Fsp3) is 0.923. The quantitative estimate of drug-likeness (QED) is 0.807. The normalized spacial score (nSPS) is 23.1. The van der Waals surface area contributed by atoms with Crippen LogP contribution in [0, 0.1) is 5.92 Å². The van der Waals surface area contributed by atoms with Gasteiger partial charge in [-0.05, 0) is 38.5 Å². The molecule has 1 saturated heterocycles. The Morgan fingerprint density at radius 2 is 2.17 bits per heavy atom. The van der Waals surface area contributed by atoms with Gasteiger partial charge in [-0.25, -0.2) is 0 Å². The van der Waals surface area contributed by atoms with Gasteiger partial charge in [0.2, 0.25) is 5.91 Å². The number of rotatable bonds is 5. The van der Waals surface area contributed by atoms with Crippen molar-refractivity contribution in [1.29, 1.82) is 0 Å². The molecule has 3 N–H and O–H groups in total. The van der Waals surface area contributed by atoms with E-state index in [2.05, 4.69) is 19.2 Å². The van der Waals surface area contributed by atoms with Crippen LogP contribution < -0.4 is 11.1 Å². The van der Waals surface area contributed by atoms with Crippen LogP contribution in [-0.4, -0.2) is 30.7 Å². The smallest absolute Gasteiger partial charge is 0.249 e. The highest BCUT2D eigenvalue weighted by molar-refractivity contribution is 5.85. The topological polar surface area (TPSA) is 64.3 Å². The molecule has 0 aromatic heterocycles. The van der Waals surface area contributed by atoms with Crippen LogP contribution >= 0.6 is 12.4 Å². The molecule has 1 fully saturated rings. The van der Waals surface area contributed by atoms with E-state index < -0.39 is 0 Å². The largest absolute Gasteiger partial charge is 0.368 e. The molecule has 2 atom stereocenters. The van der Waals surface area contributed by atoms with Crippen molar-refractivity contribution < 1.29 is 9.53 Å². The van der Waals surface area contributed by atoms with Gasteiger partial charge in [0.15, 0.2) is 0 Å². The van der Waals surface area contributed by atoms with Crippen molar-refractivity contribution in [3.05, 3.63) is 0 Å². The summed E-state index contributed by atoms with van der Waals surface area (Å²) in [4.78, 5) is 12.1. The van der Waals surface area contributed by atoms with Crippen LogP contribution in [0.5, 0.6) is 0 Å². The third-order valence-corrected chi connectivity index (χ3v) is 3.21. The zero-order chi connectivity index (χ0) is 12.9. The van der Waals surface area contributed by atoms with Crippen LogP contribution in [0.15, 0.2) is 0 Å². The molecule has 1 amide bonds. The zero-order valence-electron chi connectivity index (χ0n) is 11.7. The highest BCUT2D eigenvalue weighted by atomic mass is 35.5. The first-order valence-electron chi connectivity index (χ1n) is 6.60. The third-order valence-electron chi connectivity index (χ3n) is 3.21. The Labute approximate surface area is 116 Å². The first-order chi connectivity index (χ1) is 7.97. The summed E-state index contributed by atoms with van der Waals surface area (Å²) in [5, 5.41) is 3.06. The van der Waals surface area contributed by atoms with Gasteiger partial charge in [-0.3, -0.25) is 4.79 Å². The van der Waals surface area contributed by atoms with Crippen LogP contribution in [0.4, 0.5) is 0 Å². The van der Waals surface area contributed by atoms with E-state index in [4.69, 9.17) is 10.5 Å². The van der Waals surface area contributed by atoms with Crippen LogP contribution in [0.3, 0.4) is 0 Å². The molecule has 1 aliphatic rings. The molecular weight excluding hydrogens is 252 g/mol. The van der Waals surface area contributed by atoms with Gasteiger partial charge in [0.25, 0.3) is 0 Å². The predicted molar refractivity (Wildman–Crippen MR) is 75.9 cm³/mol. The van der Waals surface area contributed by atoms with Crippen molar-refractivity contribution in [2.45, 2.75) is 58.1 Å². The average Bonchev–Trinajstić information content (AvgIpc) is 2.29. The van der Waals surface area contributed by atoms with E-state index in [9.17, 15) is 4.79 Å². The highest BCUT2D eigenvalue weighted by Crippen LogP contribution is 2.18. The number of nitrogens with two attached hydrogens (primary N) is 1. The second kappa shape index (κ2) is 7.97. The first kappa shape index (κ1) is 17.7. The van der Waals surface area contributed by atoms with Gasteiger partial charge in [0.05, 0.1) is 0 Å². The fourth-order valence-electron chi connectivity index (χ4n) is 2.41. The third kappa shape index (κ3) is 5.55. The minimum atomic E-state index is -0.313. The Bertz CT molecular complexity index is 255. The Morgan fingerprint density at radius 1 is 1.50 bits per heavy atom. The Hall–Kier alpha value is -0.320. The second-order valence-corrected chi connectivity index (χ2v) is 5.71. The van der Waals surface area contributed by atoms with E-state index in [0.717, 1.165) is 25.7 Å². The van der Waals surface area contributed by atoms with Crippen molar-refractivity contribution in [3.8, 4) is 0 Å². The fourth-order valence-corrected chi connectivity index (χ4v) is 2.41. The molecular formula is C13H27ClN2O2. The Balaban J connectivity index is 0.00000289. The summed E-state index contributed by atoms with van der Waals surface area (Å²) in [5.41, 5.74) is 5.46. The van der Waals surface area contributed by atoms with Gasteiger partial charge in [-0.2, -0.15) is 0 Å². The van der Waals surface area contributed by atoms with E-state index in [0.29, 0.717) is 19.1 Å². The minimum Gasteiger partial charge on any atom is -0.368 e. The van der Waals surface area contributed by atoms with Gasteiger partial charge >= 0.3 is 0 Å². The Kier molecular flexibility index (Phi) is 7.83. The molecule has 18 heavy (non-hydrogen) atoms. The van der Waals surface area contributed by atoms with E-state index in [1.807, 2.05) is 6.92 Å². The lowest BCUT2D eigenvalue weighted by Gasteiger charge is -2.33. The summed E-state index contributed by atoms with van der Waals surface area (Å²) in [6.45, 7) is 7.44. The molecule has 0 spiro atoms. The van der Waals surface area contributed by atoms with Gasteiger partial charge in [0, 0.05) is 18.7 Å². The number of hydrogen-bond donors (Lipinski definition) is 2. The summed E-state index contributed by atoms with van der Waals surface area (Å²) in [6.07, 6.45) is 3.57. The van der Waals surface area contributed by atoms with Gasteiger partial charge in [-0.1, -0.05) is 13.8 Å². The summed E-state index contributed by atoms with van der Waals surface area (Å²) >= 11 is 0. The van der Waals surface area contributed by atoms with Crippen LogP contribution in [0.2, 0.25) is 0 Å². The van der Waals surface area contributed by atoms with Crippen LogP contribution in [-0.2, 0) is 9.53 Å². The summed E-state index contributed by atoms with van der Waals surface area (Å²) in [5.74, 6) is 0.509. The lowest BCUT2D eigenvalue weighted by atomic mass is 9.90. The van der Waals surface area contributed by atoms with Gasteiger partial charge in [-0.15, -0.1) is 12.4 Å². The van der Waals surface area contributed by atoms with Crippen molar-refractivity contribution in [3.63, 3.8) is 0 Å². The number of carbonyl (C=O) groups is 1. The molecule has 5 heteroatoms. The minimum absolute atomic E-state index is 0. The number of ether oxygens (including phenoxy) is 1. The summed E-state index contributed by atoms with van der Waals surface area (Å²) < 4.78 is 5.48. The molecule has 0 aromatic carbocycles.